The summed E-state index contributed by atoms with van der Waals surface area (Å²) < 4.78 is 0. The summed E-state index contributed by atoms with van der Waals surface area (Å²) in [6.07, 6.45) is 8.29. The Kier molecular flexibility index (Phi) is 4.55. The van der Waals surface area contributed by atoms with Gasteiger partial charge < -0.3 is 4.90 Å². The fourth-order valence-corrected chi connectivity index (χ4v) is 5.16. The van der Waals surface area contributed by atoms with Gasteiger partial charge in [-0.25, -0.2) is 9.97 Å². The first kappa shape index (κ1) is 16.0. The molecule has 1 aliphatic heterocycles. The van der Waals surface area contributed by atoms with E-state index in [4.69, 9.17) is 9.97 Å². The van der Waals surface area contributed by atoms with Gasteiger partial charge in [0.15, 0.2) is 0 Å². The van der Waals surface area contributed by atoms with Crippen LogP contribution in [0.15, 0.2) is 18.3 Å². The molecule has 1 atom stereocenters. The number of anilines is 1. The van der Waals surface area contributed by atoms with Gasteiger partial charge in [0.2, 0.25) is 0 Å². The first-order valence-electron chi connectivity index (χ1n) is 9.07. The van der Waals surface area contributed by atoms with Gasteiger partial charge in [-0.2, -0.15) is 0 Å². The highest BCUT2D eigenvalue weighted by Gasteiger charge is 2.27. The van der Waals surface area contributed by atoms with E-state index < -0.39 is 0 Å². The molecule has 4 nitrogen and oxygen atoms in total. The lowest BCUT2D eigenvalue weighted by molar-refractivity contribution is 0.216. The smallest absolute Gasteiger partial charge is 0.128 e. The number of aromatic nitrogens is 2. The third kappa shape index (κ3) is 3.20. The molecule has 2 aromatic rings. The van der Waals surface area contributed by atoms with Crippen LogP contribution in [-0.4, -0.2) is 35.0 Å². The van der Waals surface area contributed by atoms with Gasteiger partial charge in [-0.1, -0.05) is 6.07 Å². The van der Waals surface area contributed by atoms with E-state index in [1.54, 1.807) is 0 Å². The average molecular weight is 343 g/mol. The van der Waals surface area contributed by atoms with Crippen LogP contribution in [-0.2, 0) is 13.0 Å². The van der Waals surface area contributed by atoms with E-state index in [9.17, 15) is 0 Å². The predicted octanol–water partition coefficient (Wildman–Crippen LogP) is 3.96. The second kappa shape index (κ2) is 6.81. The summed E-state index contributed by atoms with van der Waals surface area (Å²) in [6, 6.07) is 4.95. The maximum atomic E-state index is 4.72. The summed E-state index contributed by atoms with van der Waals surface area (Å²) in [6.45, 7) is 5.39. The van der Waals surface area contributed by atoms with Crippen LogP contribution in [0.2, 0.25) is 0 Å². The van der Waals surface area contributed by atoms with Gasteiger partial charge in [0, 0.05) is 36.8 Å². The van der Waals surface area contributed by atoms with E-state index in [0.29, 0.717) is 6.04 Å². The number of pyridine rings is 1. The minimum atomic E-state index is 0.512. The first-order valence-corrected chi connectivity index (χ1v) is 9.88. The molecule has 24 heavy (non-hydrogen) atoms. The van der Waals surface area contributed by atoms with Crippen molar-refractivity contribution in [2.75, 3.05) is 25.0 Å². The molecule has 5 heteroatoms. The number of hydrogen-bond acceptors (Lipinski definition) is 5. The molecule has 0 radical (unpaired) electrons. The lowest BCUT2D eigenvalue weighted by atomic mass is 9.97. The minimum absolute atomic E-state index is 0.512. The van der Waals surface area contributed by atoms with Crippen LogP contribution in [0.5, 0.6) is 0 Å². The maximum absolute atomic E-state index is 4.72. The Bertz CT molecular complexity index is 688. The molecule has 0 saturated carbocycles. The molecule has 0 N–H and O–H groups in total. The molecule has 0 aromatic carbocycles. The number of thiazole rings is 1. The summed E-state index contributed by atoms with van der Waals surface area (Å²) in [5.74, 6) is 1.14. The number of rotatable bonds is 4. The van der Waals surface area contributed by atoms with Crippen LogP contribution in [0.4, 0.5) is 5.82 Å². The third-order valence-corrected chi connectivity index (χ3v) is 6.35. The molecule has 3 heterocycles. The molecule has 0 bridgehead atoms. The molecule has 1 saturated heterocycles. The highest BCUT2D eigenvalue weighted by atomic mass is 32.1. The standard InChI is InChI=1S/C19H26N4S/c1-14-21-16-6-5-7-17(19(16)24-14)22(2)13-15-8-9-18(20-12-15)23-10-3-4-11-23/h8-9,12,17H,3-7,10-11,13H2,1-2H3. The Hall–Kier alpha value is -1.46. The Morgan fingerprint density at radius 2 is 2.08 bits per heavy atom. The Morgan fingerprint density at radius 3 is 2.83 bits per heavy atom. The molecule has 2 aliphatic rings. The highest BCUT2D eigenvalue weighted by Crippen LogP contribution is 2.37. The lowest BCUT2D eigenvalue weighted by Crippen LogP contribution is -2.26. The zero-order valence-corrected chi connectivity index (χ0v) is 15.5. The number of hydrogen-bond donors (Lipinski definition) is 0. The molecule has 0 amide bonds. The van der Waals surface area contributed by atoms with Crippen molar-refractivity contribution in [3.8, 4) is 0 Å². The fourth-order valence-electron chi connectivity index (χ4n) is 3.98. The van der Waals surface area contributed by atoms with Gasteiger partial charge >= 0.3 is 0 Å². The van der Waals surface area contributed by atoms with Crippen LogP contribution in [0, 0.1) is 6.92 Å². The summed E-state index contributed by atoms with van der Waals surface area (Å²) in [5, 5.41) is 1.21. The highest BCUT2D eigenvalue weighted by molar-refractivity contribution is 7.11. The van der Waals surface area contributed by atoms with Crippen LogP contribution in [0.1, 0.15) is 52.9 Å². The summed E-state index contributed by atoms with van der Waals surface area (Å²) in [5.41, 5.74) is 2.64. The molecular weight excluding hydrogens is 316 g/mol. The molecular formula is C19H26N4S. The van der Waals surface area contributed by atoms with Gasteiger partial charge in [0.25, 0.3) is 0 Å². The van der Waals surface area contributed by atoms with Gasteiger partial charge in [0.1, 0.15) is 5.82 Å². The Morgan fingerprint density at radius 1 is 1.25 bits per heavy atom. The van der Waals surface area contributed by atoms with E-state index in [1.165, 1.54) is 46.8 Å². The van der Waals surface area contributed by atoms with Gasteiger partial charge in [0.05, 0.1) is 10.7 Å². The molecule has 128 valence electrons. The van der Waals surface area contributed by atoms with Crippen LogP contribution >= 0.6 is 11.3 Å². The largest absolute Gasteiger partial charge is 0.357 e. The summed E-state index contributed by atoms with van der Waals surface area (Å²) in [7, 11) is 2.24. The molecule has 0 spiro atoms. The van der Waals surface area contributed by atoms with E-state index in [2.05, 4.69) is 42.1 Å². The van der Waals surface area contributed by atoms with Crippen LogP contribution in [0.3, 0.4) is 0 Å². The Labute approximate surface area is 148 Å². The molecule has 1 fully saturated rings. The lowest BCUT2D eigenvalue weighted by Gasteiger charge is -2.30. The van der Waals surface area contributed by atoms with Crippen molar-refractivity contribution in [2.24, 2.45) is 0 Å². The van der Waals surface area contributed by atoms with Crippen molar-refractivity contribution in [3.05, 3.63) is 39.5 Å². The molecule has 1 unspecified atom stereocenters. The second-order valence-corrected chi connectivity index (χ2v) is 8.32. The van der Waals surface area contributed by atoms with Crippen molar-refractivity contribution in [1.82, 2.24) is 14.9 Å². The second-order valence-electron chi connectivity index (χ2n) is 7.09. The van der Waals surface area contributed by atoms with Crippen molar-refractivity contribution in [1.29, 1.82) is 0 Å². The average Bonchev–Trinajstić information content (AvgIpc) is 3.23. The predicted molar refractivity (Wildman–Crippen MR) is 99.7 cm³/mol. The zero-order valence-electron chi connectivity index (χ0n) is 14.7. The Balaban J connectivity index is 1.45. The van der Waals surface area contributed by atoms with Crippen molar-refractivity contribution in [2.45, 2.75) is 51.6 Å². The number of aryl methyl sites for hydroxylation is 2. The van der Waals surface area contributed by atoms with Gasteiger partial charge in [-0.05, 0) is 57.7 Å². The number of fused-ring (bicyclic) bond motifs is 1. The van der Waals surface area contributed by atoms with Gasteiger partial charge in [-0.15, -0.1) is 11.3 Å². The normalized spacial score (nSPS) is 20.6. The van der Waals surface area contributed by atoms with Crippen LogP contribution < -0.4 is 4.90 Å². The van der Waals surface area contributed by atoms with E-state index in [0.717, 1.165) is 31.9 Å². The van der Waals surface area contributed by atoms with Crippen LogP contribution in [0.25, 0.3) is 0 Å². The topological polar surface area (TPSA) is 32.3 Å². The van der Waals surface area contributed by atoms with E-state index in [1.807, 2.05) is 11.3 Å². The monoisotopic (exact) mass is 342 g/mol. The quantitative estimate of drug-likeness (QED) is 0.842. The summed E-state index contributed by atoms with van der Waals surface area (Å²) >= 11 is 1.88. The van der Waals surface area contributed by atoms with Gasteiger partial charge in [-0.3, -0.25) is 4.90 Å². The molecule has 2 aromatic heterocycles. The molecule has 1 aliphatic carbocycles. The maximum Gasteiger partial charge on any atom is 0.128 e. The van der Waals surface area contributed by atoms with E-state index in [-0.39, 0.29) is 0 Å². The SMILES string of the molecule is Cc1nc2c(s1)C(N(C)Cc1ccc(N3CCCC3)nc1)CCC2. The third-order valence-electron chi connectivity index (χ3n) is 5.23. The fraction of sp³-hybridized carbons (Fsp3) is 0.579. The van der Waals surface area contributed by atoms with Crippen molar-refractivity contribution in [3.63, 3.8) is 0 Å². The minimum Gasteiger partial charge on any atom is -0.357 e. The molecule has 4 rings (SSSR count). The van der Waals surface area contributed by atoms with E-state index >= 15 is 0 Å². The number of nitrogens with zero attached hydrogens (tertiary/aromatic N) is 4. The van der Waals surface area contributed by atoms with Crippen molar-refractivity contribution < 1.29 is 0 Å². The summed E-state index contributed by atoms with van der Waals surface area (Å²) in [4.78, 5) is 15.8. The zero-order chi connectivity index (χ0) is 16.5. The van der Waals surface area contributed by atoms with Crippen molar-refractivity contribution >= 4 is 17.2 Å². The first-order chi connectivity index (χ1) is 11.7.